The Morgan fingerprint density at radius 3 is 2.90 bits per heavy atom. The van der Waals surface area contributed by atoms with Crippen LogP contribution < -0.4 is 0 Å². The highest BCUT2D eigenvalue weighted by Gasteiger charge is 2.29. The molecule has 3 rings (SSSR count). The zero-order chi connectivity index (χ0) is 14.3. The van der Waals surface area contributed by atoms with Gasteiger partial charge in [-0.05, 0) is 54.7 Å². The van der Waals surface area contributed by atoms with Crippen LogP contribution in [0.15, 0.2) is 30.5 Å². The third kappa shape index (κ3) is 2.22. The number of halogens is 2. The predicted octanol–water partition coefficient (Wildman–Crippen LogP) is 4.10. The van der Waals surface area contributed by atoms with E-state index < -0.39 is 0 Å². The SMILES string of the molecule is Cc1ccnc2c1C(=O)CC(c1cc(Cl)ccc1F)C2. The van der Waals surface area contributed by atoms with Crippen molar-refractivity contribution in [2.75, 3.05) is 0 Å². The summed E-state index contributed by atoms with van der Waals surface area (Å²) in [5.41, 5.74) is 2.89. The number of hydrogen-bond donors (Lipinski definition) is 0. The molecule has 0 fully saturated rings. The van der Waals surface area contributed by atoms with Gasteiger partial charge in [-0.1, -0.05) is 11.6 Å². The van der Waals surface area contributed by atoms with Gasteiger partial charge in [0.1, 0.15) is 5.82 Å². The number of Topliss-reactive ketones (excluding diaryl/α,β-unsaturated/α-hetero) is 1. The fourth-order valence-electron chi connectivity index (χ4n) is 2.83. The third-order valence-corrected chi connectivity index (χ3v) is 4.02. The van der Waals surface area contributed by atoms with Crippen LogP contribution in [-0.4, -0.2) is 10.8 Å². The normalized spacial score (nSPS) is 17.9. The van der Waals surface area contributed by atoms with Crippen LogP contribution in [-0.2, 0) is 6.42 Å². The molecule has 2 nitrogen and oxygen atoms in total. The monoisotopic (exact) mass is 289 g/mol. The van der Waals surface area contributed by atoms with Crippen molar-refractivity contribution in [2.45, 2.75) is 25.7 Å². The Labute approximate surface area is 121 Å². The number of carbonyl (C=O) groups is 1. The Morgan fingerprint density at radius 2 is 2.10 bits per heavy atom. The van der Waals surface area contributed by atoms with Crippen molar-refractivity contribution >= 4 is 17.4 Å². The standard InChI is InChI=1S/C16H13ClFNO/c1-9-4-5-19-14-6-10(7-15(20)16(9)14)12-8-11(17)2-3-13(12)18/h2-5,8,10H,6-7H2,1H3. The molecule has 4 heteroatoms. The van der Waals surface area contributed by atoms with Gasteiger partial charge in [0.05, 0.1) is 5.69 Å². The summed E-state index contributed by atoms with van der Waals surface area (Å²) >= 11 is 5.93. The number of aromatic nitrogens is 1. The molecule has 102 valence electrons. The van der Waals surface area contributed by atoms with E-state index in [1.807, 2.05) is 13.0 Å². The first kappa shape index (κ1) is 13.3. The molecule has 1 atom stereocenters. The van der Waals surface area contributed by atoms with E-state index in [-0.39, 0.29) is 17.5 Å². The van der Waals surface area contributed by atoms with Crippen molar-refractivity contribution < 1.29 is 9.18 Å². The summed E-state index contributed by atoms with van der Waals surface area (Å²) in [7, 11) is 0. The first-order valence-corrected chi connectivity index (χ1v) is 6.86. The summed E-state index contributed by atoms with van der Waals surface area (Å²) in [6.45, 7) is 1.90. The van der Waals surface area contributed by atoms with E-state index >= 15 is 0 Å². The van der Waals surface area contributed by atoms with E-state index in [4.69, 9.17) is 11.6 Å². The van der Waals surface area contributed by atoms with Gasteiger partial charge >= 0.3 is 0 Å². The molecule has 0 radical (unpaired) electrons. The van der Waals surface area contributed by atoms with Crippen molar-refractivity contribution in [3.8, 4) is 0 Å². The van der Waals surface area contributed by atoms with Crippen molar-refractivity contribution in [3.05, 3.63) is 63.7 Å². The summed E-state index contributed by atoms with van der Waals surface area (Å²) in [4.78, 5) is 16.6. The molecule has 1 heterocycles. The largest absolute Gasteiger partial charge is 0.294 e. The van der Waals surface area contributed by atoms with Crippen LogP contribution in [0.25, 0.3) is 0 Å². The molecule has 0 spiro atoms. The second kappa shape index (κ2) is 4.98. The van der Waals surface area contributed by atoms with E-state index in [1.54, 1.807) is 12.3 Å². The number of pyridine rings is 1. The Morgan fingerprint density at radius 1 is 1.30 bits per heavy atom. The number of hydrogen-bond acceptors (Lipinski definition) is 2. The van der Waals surface area contributed by atoms with E-state index in [1.165, 1.54) is 12.1 Å². The molecule has 0 saturated carbocycles. The van der Waals surface area contributed by atoms with E-state index in [2.05, 4.69) is 4.98 Å². The van der Waals surface area contributed by atoms with Crippen LogP contribution in [0.2, 0.25) is 5.02 Å². The summed E-state index contributed by atoms with van der Waals surface area (Å²) in [5, 5.41) is 0.483. The van der Waals surface area contributed by atoms with Crippen molar-refractivity contribution in [1.29, 1.82) is 0 Å². The number of aryl methyl sites for hydroxylation is 1. The molecule has 0 N–H and O–H groups in total. The zero-order valence-corrected chi connectivity index (χ0v) is 11.7. The van der Waals surface area contributed by atoms with Crippen LogP contribution in [0.1, 0.15) is 39.5 Å². The molecular formula is C16H13ClFNO. The quantitative estimate of drug-likeness (QED) is 0.791. The van der Waals surface area contributed by atoms with Gasteiger partial charge in [0.25, 0.3) is 0 Å². The van der Waals surface area contributed by atoms with Crippen molar-refractivity contribution in [1.82, 2.24) is 4.98 Å². The molecular weight excluding hydrogens is 277 g/mol. The molecule has 0 amide bonds. The predicted molar refractivity (Wildman–Crippen MR) is 75.8 cm³/mol. The number of nitrogens with zero attached hydrogens (tertiary/aromatic N) is 1. The van der Waals surface area contributed by atoms with Gasteiger partial charge in [0.15, 0.2) is 5.78 Å². The maximum absolute atomic E-state index is 13.9. The van der Waals surface area contributed by atoms with Gasteiger partial charge in [0.2, 0.25) is 0 Å². The highest BCUT2D eigenvalue weighted by molar-refractivity contribution is 6.30. The van der Waals surface area contributed by atoms with Crippen LogP contribution >= 0.6 is 11.6 Å². The van der Waals surface area contributed by atoms with Gasteiger partial charge in [-0.2, -0.15) is 0 Å². The Balaban J connectivity index is 2.04. The molecule has 1 aliphatic rings. The molecule has 20 heavy (non-hydrogen) atoms. The smallest absolute Gasteiger partial charge is 0.165 e. The van der Waals surface area contributed by atoms with Crippen molar-refractivity contribution in [2.24, 2.45) is 0 Å². The van der Waals surface area contributed by atoms with Gasteiger partial charge < -0.3 is 0 Å². The van der Waals surface area contributed by atoms with Gasteiger partial charge in [-0.15, -0.1) is 0 Å². The fourth-order valence-corrected chi connectivity index (χ4v) is 3.01. The Kier molecular flexibility index (Phi) is 3.30. The van der Waals surface area contributed by atoms with E-state index in [9.17, 15) is 9.18 Å². The molecule has 1 unspecified atom stereocenters. The minimum Gasteiger partial charge on any atom is -0.294 e. The lowest BCUT2D eigenvalue weighted by Crippen LogP contribution is -2.21. The number of carbonyl (C=O) groups excluding carboxylic acids is 1. The number of fused-ring (bicyclic) bond motifs is 1. The van der Waals surface area contributed by atoms with E-state index in [0.29, 0.717) is 29.0 Å². The lowest BCUT2D eigenvalue weighted by Gasteiger charge is -2.24. The average molecular weight is 290 g/mol. The Hall–Kier alpha value is -1.74. The first-order valence-electron chi connectivity index (χ1n) is 6.49. The Bertz CT molecular complexity index is 699. The zero-order valence-electron chi connectivity index (χ0n) is 11.0. The third-order valence-electron chi connectivity index (χ3n) is 3.79. The second-order valence-corrected chi connectivity index (χ2v) is 5.58. The fraction of sp³-hybridized carbons (Fsp3) is 0.250. The molecule has 1 aromatic carbocycles. The summed E-state index contributed by atoms with van der Waals surface area (Å²) < 4.78 is 13.9. The minimum atomic E-state index is -0.316. The molecule has 0 saturated heterocycles. The first-order chi connectivity index (χ1) is 9.56. The van der Waals surface area contributed by atoms with Crippen LogP contribution in [0.4, 0.5) is 4.39 Å². The molecule has 0 aliphatic heterocycles. The number of benzene rings is 1. The van der Waals surface area contributed by atoms with E-state index in [0.717, 1.165) is 11.3 Å². The lowest BCUT2D eigenvalue weighted by atomic mass is 9.80. The summed E-state index contributed by atoms with van der Waals surface area (Å²) in [6, 6.07) is 6.30. The lowest BCUT2D eigenvalue weighted by molar-refractivity contribution is 0.0962. The average Bonchev–Trinajstić information content (AvgIpc) is 2.41. The molecule has 1 aliphatic carbocycles. The number of rotatable bonds is 1. The maximum Gasteiger partial charge on any atom is 0.165 e. The van der Waals surface area contributed by atoms with Gasteiger partial charge in [-0.25, -0.2) is 4.39 Å². The highest BCUT2D eigenvalue weighted by atomic mass is 35.5. The summed E-state index contributed by atoms with van der Waals surface area (Å²) in [6.07, 6.45) is 2.56. The number of ketones is 1. The minimum absolute atomic E-state index is 0.0289. The molecule has 1 aromatic heterocycles. The molecule has 0 bridgehead atoms. The van der Waals surface area contributed by atoms with Gasteiger partial charge in [-0.3, -0.25) is 9.78 Å². The highest BCUT2D eigenvalue weighted by Crippen LogP contribution is 2.35. The topological polar surface area (TPSA) is 30.0 Å². The summed E-state index contributed by atoms with van der Waals surface area (Å²) in [5.74, 6) is -0.479. The molecule has 2 aromatic rings. The van der Waals surface area contributed by atoms with Crippen LogP contribution in [0.3, 0.4) is 0 Å². The van der Waals surface area contributed by atoms with Crippen LogP contribution in [0, 0.1) is 12.7 Å². The second-order valence-electron chi connectivity index (χ2n) is 5.14. The maximum atomic E-state index is 13.9. The van der Waals surface area contributed by atoms with Crippen LogP contribution in [0.5, 0.6) is 0 Å². The van der Waals surface area contributed by atoms with Gasteiger partial charge in [0, 0.05) is 23.2 Å². The van der Waals surface area contributed by atoms with Crippen molar-refractivity contribution in [3.63, 3.8) is 0 Å².